The first-order valence-electron chi connectivity index (χ1n) is 6.79. The Bertz CT molecular complexity index is 453. The molecule has 1 amide bonds. The first-order chi connectivity index (χ1) is 9.06. The minimum absolute atomic E-state index is 0.0371. The van der Waals surface area contributed by atoms with Crippen LogP contribution in [0.2, 0.25) is 0 Å². The summed E-state index contributed by atoms with van der Waals surface area (Å²) in [6.45, 7) is 6.70. The van der Waals surface area contributed by atoms with E-state index in [1.807, 2.05) is 36.9 Å². The SMILES string of the molecule is Cc1cccc(C)c1N1C(=O)C(CO)NCCC1C. The van der Waals surface area contributed by atoms with Crippen LogP contribution < -0.4 is 10.2 Å². The zero-order valence-corrected chi connectivity index (χ0v) is 11.8. The van der Waals surface area contributed by atoms with Crippen molar-refractivity contribution in [2.45, 2.75) is 39.3 Å². The van der Waals surface area contributed by atoms with E-state index in [0.717, 1.165) is 29.8 Å². The second-order valence-corrected chi connectivity index (χ2v) is 5.28. The Morgan fingerprint density at radius 3 is 2.58 bits per heavy atom. The monoisotopic (exact) mass is 262 g/mol. The molecule has 0 spiro atoms. The number of anilines is 1. The smallest absolute Gasteiger partial charge is 0.246 e. The molecule has 1 saturated heterocycles. The van der Waals surface area contributed by atoms with Crippen molar-refractivity contribution in [3.8, 4) is 0 Å². The Labute approximate surface area is 114 Å². The molecule has 0 saturated carbocycles. The number of carbonyl (C=O) groups excluding carboxylic acids is 1. The van der Waals surface area contributed by atoms with Crippen molar-refractivity contribution in [3.63, 3.8) is 0 Å². The molecule has 1 aliphatic rings. The molecule has 0 bridgehead atoms. The van der Waals surface area contributed by atoms with E-state index in [2.05, 4.69) is 12.2 Å². The van der Waals surface area contributed by atoms with Gasteiger partial charge in [-0.2, -0.15) is 0 Å². The fraction of sp³-hybridized carbons (Fsp3) is 0.533. The number of aryl methyl sites for hydroxylation is 2. The van der Waals surface area contributed by atoms with E-state index in [-0.39, 0.29) is 18.6 Å². The van der Waals surface area contributed by atoms with Gasteiger partial charge in [0.15, 0.2) is 0 Å². The zero-order valence-electron chi connectivity index (χ0n) is 11.8. The molecule has 1 fully saturated rings. The average molecular weight is 262 g/mol. The quantitative estimate of drug-likeness (QED) is 0.846. The van der Waals surface area contributed by atoms with Crippen molar-refractivity contribution in [2.24, 2.45) is 0 Å². The van der Waals surface area contributed by atoms with Gasteiger partial charge in [0.2, 0.25) is 5.91 Å². The molecule has 2 atom stereocenters. The van der Waals surface area contributed by atoms with Gasteiger partial charge in [0.1, 0.15) is 6.04 Å². The van der Waals surface area contributed by atoms with Crippen molar-refractivity contribution < 1.29 is 9.90 Å². The number of carbonyl (C=O) groups is 1. The highest BCUT2D eigenvalue weighted by atomic mass is 16.3. The molecular formula is C15H22N2O2. The van der Waals surface area contributed by atoms with Crippen LogP contribution in [0.15, 0.2) is 18.2 Å². The van der Waals surface area contributed by atoms with Crippen LogP contribution in [0, 0.1) is 13.8 Å². The summed E-state index contributed by atoms with van der Waals surface area (Å²) < 4.78 is 0. The highest BCUT2D eigenvalue weighted by molar-refractivity contribution is 5.99. The summed E-state index contributed by atoms with van der Waals surface area (Å²) >= 11 is 0. The lowest BCUT2D eigenvalue weighted by atomic mass is 10.0. The molecule has 0 radical (unpaired) electrons. The van der Waals surface area contributed by atoms with E-state index in [4.69, 9.17) is 0 Å². The molecule has 1 heterocycles. The van der Waals surface area contributed by atoms with Crippen molar-refractivity contribution in [2.75, 3.05) is 18.1 Å². The Hall–Kier alpha value is -1.39. The van der Waals surface area contributed by atoms with Crippen LogP contribution in [0.4, 0.5) is 5.69 Å². The summed E-state index contributed by atoms with van der Waals surface area (Å²) in [5, 5.41) is 12.5. The first-order valence-corrected chi connectivity index (χ1v) is 6.79. The van der Waals surface area contributed by atoms with Crippen LogP contribution >= 0.6 is 0 Å². The van der Waals surface area contributed by atoms with Gasteiger partial charge in [-0.1, -0.05) is 18.2 Å². The number of aliphatic hydroxyl groups is 1. The minimum Gasteiger partial charge on any atom is -0.394 e. The topological polar surface area (TPSA) is 52.6 Å². The predicted octanol–water partition coefficient (Wildman–Crippen LogP) is 1.38. The summed E-state index contributed by atoms with van der Waals surface area (Å²) in [6, 6.07) is 5.69. The van der Waals surface area contributed by atoms with Crippen LogP contribution in [0.1, 0.15) is 24.5 Å². The Morgan fingerprint density at radius 2 is 2.00 bits per heavy atom. The lowest BCUT2D eigenvalue weighted by Crippen LogP contribution is -2.48. The maximum Gasteiger partial charge on any atom is 0.246 e. The van der Waals surface area contributed by atoms with E-state index >= 15 is 0 Å². The number of nitrogens with one attached hydrogen (secondary N) is 1. The molecule has 104 valence electrons. The van der Waals surface area contributed by atoms with Crippen molar-refractivity contribution in [3.05, 3.63) is 29.3 Å². The summed E-state index contributed by atoms with van der Waals surface area (Å²) in [7, 11) is 0. The van der Waals surface area contributed by atoms with Gasteiger partial charge >= 0.3 is 0 Å². The Kier molecular flexibility index (Phi) is 4.22. The van der Waals surface area contributed by atoms with Gasteiger partial charge in [-0.3, -0.25) is 4.79 Å². The van der Waals surface area contributed by atoms with Gasteiger partial charge in [-0.05, 0) is 44.9 Å². The third-order valence-corrected chi connectivity index (χ3v) is 3.79. The van der Waals surface area contributed by atoms with Gasteiger partial charge < -0.3 is 15.3 Å². The summed E-state index contributed by atoms with van der Waals surface area (Å²) in [4.78, 5) is 14.4. The minimum atomic E-state index is -0.496. The van der Waals surface area contributed by atoms with Crippen molar-refractivity contribution >= 4 is 11.6 Å². The molecule has 1 aromatic rings. The molecule has 1 aromatic carbocycles. The standard InChI is InChI=1S/C15H22N2O2/c1-10-5-4-6-11(2)14(10)17-12(3)7-8-16-13(9-18)15(17)19/h4-6,12-13,16,18H,7-9H2,1-3H3. The van der Waals surface area contributed by atoms with E-state index < -0.39 is 6.04 Å². The maximum atomic E-state index is 12.6. The van der Waals surface area contributed by atoms with E-state index in [0.29, 0.717) is 0 Å². The van der Waals surface area contributed by atoms with E-state index in [9.17, 15) is 9.90 Å². The highest BCUT2D eigenvalue weighted by Gasteiger charge is 2.32. The summed E-state index contributed by atoms with van der Waals surface area (Å²) in [6.07, 6.45) is 0.885. The fourth-order valence-corrected chi connectivity index (χ4v) is 2.73. The Balaban J connectivity index is 2.46. The second-order valence-electron chi connectivity index (χ2n) is 5.28. The number of para-hydroxylation sites is 1. The summed E-state index contributed by atoms with van der Waals surface area (Å²) in [5.74, 6) is -0.0371. The number of rotatable bonds is 2. The van der Waals surface area contributed by atoms with Crippen LogP contribution in [-0.2, 0) is 4.79 Å². The van der Waals surface area contributed by atoms with Gasteiger partial charge in [-0.15, -0.1) is 0 Å². The summed E-state index contributed by atoms with van der Waals surface area (Å²) in [5.41, 5.74) is 3.18. The molecule has 4 nitrogen and oxygen atoms in total. The van der Waals surface area contributed by atoms with Crippen LogP contribution in [0.25, 0.3) is 0 Å². The number of benzene rings is 1. The van der Waals surface area contributed by atoms with E-state index in [1.165, 1.54) is 0 Å². The molecule has 2 rings (SSSR count). The van der Waals surface area contributed by atoms with Crippen molar-refractivity contribution in [1.82, 2.24) is 5.32 Å². The maximum absolute atomic E-state index is 12.6. The van der Waals surface area contributed by atoms with Gasteiger partial charge in [0.25, 0.3) is 0 Å². The average Bonchev–Trinajstić information content (AvgIpc) is 2.50. The second kappa shape index (κ2) is 5.72. The van der Waals surface area contributed by atoms with Gasteiger partial charge in [0, 0.05) is 11.7 Å². The molecule has 4 heteroatoms. The lowest BCUT2D eigenvalue weighted by molar-refractivity contribution is -0.121. The number of hydrogen-bond donors (Lipinski definition) is 2. The number of aliphatic hydroxyl groups excluding tert-OH is 1. The van der Waals surface area contributed by atoms with Crippen LogP contribution in [0.5, 0.6) is 0 Å². The number of amides is 1. The molecule has 2 unspecified atom stereocenters. The van der Waals surface area contributed by atoms with Crippen molar-refractivity contribution in [1.29, 1.82) is 0 Å². The third-order valence-electron chi connectivity index (χ3n) is 3.79. The molecule has 0 aliphatic carbocycles. The predicted molar refractivity (Wildman–Crippen MR) is 76.4 cm³/mol. The number of hydrogen-bond acceptors (Lipinski definition) is 3. The first kappa shape index (κ1) is 14.0. The highest BCUT2D eigenvalue weighted by Crippen LogP contribution is 2.28. The van der Waals surface area contributed by atoms with Crippen LogP contribution in [0.3, 0.4) is 0 Å². The third kappa shape index (κ3) is 2.65. The number of nitrogens with zero attached hydrogens (tertiary/aromatic N) is 1. The normalized spacial score (nSPS) is 24.4. The largest absolute Gasteiger partial charge is 0.394 e. The fourth-order valence-electron chi connectivity index (χ4n) is 2.73. The molecular weight excluding hydrogens is 240 g/mol. The zero-order chi connectivity index (χ0) is 14.0. The molecule has 2 N–H and O–H groups in total. The molecule has 19 heavy (non-hydrogen) atoms. The van der Waals surface area contributed by atoms with Gasteiger partial charge in [-0.25, -0.2) is 0 Å². The van der Waals surface area contributed by atoms with Crippen LogP contribution in [-0.4, -0.2) is 36.2 Å². The van der Waals surface area contributed by atoms with E-state index in [1.54, 1.807) is 0 Å². The van der Waals surface area contributed by atoms with Gasteiger partial charge in [0.05, 0.1) is 6.61 Å². The molecule has 1 aliphatic heterocycles. The lowest BCUT2D eigenvalue weighted by Gasteiger charge is -2.31. The Morgan fingerprint density at radius 1 is 1.37 bits per heavy atom. The molecule has 0 aromatic heterocycles.